The minimum Gasteiger partial charge on any atom is -0.339 e. The number of anilines is 4. The Balaban J connectivity index is 1.40. The van der Waals surface area contributed by atoms with Crippen molar-refractivity contribution in [1.29, 1.82) is 0 Å². The van der Waals surface area contributed by atoms with Crippen LogP contribution in [0.1, 0.15) is 0 Å². The van der Waals surface area contributed by atoms with Crippen molar-refractivity contribution in [2.45, 2.75) is 0 Å². The maximum atomic E-state index is 4.74. The first-order valence-electron chi connectivity index (χ1n) is 9.38. The van der Waals surface area contributed by atoms with E-state index in [0.29, 0.717) is 11.9 Å². The smallest absolute Gasteiger partial charge is 0.232 e. The molecule has 0 aliphatic heterocycles. The van der Waals surface area contributed by atoms with E-state index in [1.807, 2.05) is 65.5 Å². The van der Waals surface area contributed by atoms with E-state index in [1.54, 1.807) is 17.5 Å². The second-order valence-electron chi connectivity index (χ2n) is 6.94. The molecule has 0 aliphatic carbocycles. The highest BCUT2D eigenvalue weighted by Gasteiger charge is 2.13. The van der Waals surface area contributed by atoms with Gasteiger partial charge in [0.2, 0.25) is 11.9 Å². The monoisotopic (exact) mass is 412 g/mol. The number of aromatic amines is 1. The maximum absolute atomic E-state index is 4.74. The number of para-hydroxylation sites is 2. The first kappa shape index (κ1) is 16.9. The summed E-state index contributed by atoms with van der Waals surface area (Å²) >= 11 is 1.61. The molecule has 0 amide bonds. The van der Waals surface area contributed by atoms with Crippen LogP contribution in [0.3, 0.4) is 0 Å². The lowest BCUT2D eigenvalue weighted by Gasteiger charge is -2.10. The SMILES string of the molecule is Cn1c(Nc2nc(Nc3ccc4[nH]ncc4c3)c3sccc3n2)nc2ccccc21. The molecule has 30 heavy (non-hydrogen) atoms. The van der Waals surface area contributed by atoms with Crippen molar-refractivity contribution in [3.63, 3.8) is 0 Å². The minimum absolute atomic E-state index is 0.492. The van der Waals surface area contributed by atoms with E-state index < -0.39 is 0 Å². The summed E-state index contributed by atoms with van der Waals surface area (Å²) in [6.45, 7) is 0. The topological polar surface area (TPSA) is 96.3 Å². The third kappa shape index (κ3) is 2.75. The van der Waals surface area contributed by atoms with Crippen LogP contribution in [0.25, 0.3) is 32.2 Å². The van der Waals surface area contributed by atoms with Gasteiger partial charge < -0.3 is 9.88 Å². The Hall–Kier alpha value is -3.98. The third-order valence-electron chi connectivity index (χ3n) is 5.02. The van der Waals surface area contributed by atoms with Crippen LogP contribution in [0, 0.1) is 0 Å². The quantitative estimate of drug-likeness (QED) is 0.379. The number of H-pyrrole nitrogens is 1. The molecule has 6 aromatic rings. The zero-order valence-electron chi connectivity index (χ0n) is 15.9. The second kappa shape index (κ2) is 6.53. The van der Waals surface area contributed by atoms with Crippen LogP contribution in [0.4, 0.5) is 23.4 Å². The molecule has 0 unspecified atom stereocenters. The molecule has 4 heterocycles. The fraction of sp³-hybridized carbons (Fsp3) is 0.0476. The average Bonchev–Trinajstić information content (AvgIpc) is 3.48. The summed E-state index contributed by atoms with van der Waals surface area (Å²) in [4.78, 5) is 14.1. The van der Waals surface area contributed by atoms with E-state index in [2.05, 4.69) is 30.8 Å². The van der Waals surface area contributed by atoms with E-state index in [4.69, 9.17) is 4.98 Å². The van der Waals surface area contributed by atoms with Gasteiger partial charge in [-0.2, -0.15) is 10.1 Å². The van der Waals surface area contributed by atoms with Crippen LogP contribution >= 0.6 is 11.3 Å². The predicted molar refractivity (Wildman–Crippen MR) is 121 cm³/mol. The number of fused-ring (bicyclic) bond motifs is 3. The van der Waals surface area contributed by atoms with Crippen LogP contribution in [0.5, 0.6) is 0 Å². The molecule has 146 valence electrons. The number of nitrogens with one attached hydrogen (secondary N) is 3. The summed E-state index contributed by atoms with van der Waals surface area (Å²) in [7, 11) is 1.97. The average molecular weight is 412 g/mol. The number of benzene rings is 2. The molecule has 6 rings (SSSR count). The number of aromatic nitrogens is 6. The number of aryl methyl sites for hydroxylation is 1. The van der Waals surface area contributed by atoms with Crippen LogP contribution in [0.15, 0.2) is 60.1 Å². The number of thiophene rings is 1. The molecule has 0 saturated carbocycles. The molecule has 0 spiro atoms. The fourth-order valence-electron chi connectivity index (χ4n) is 3.52. The molecule has 0 saturated heterocycles. The van der Waals surface area contributed by atoms with Crippen molar-refractivity contribution < 1.29 is 0 Å². The van der Waals surface area contributed by atoms with E-state index >= 15 is 0 Å². The molecule has 0 aliphatic rings. The van der Waals surface area contributed by atoms with E-state index in [9.17, 15) is 0 Å². The van der Waals surface area contributed by atoms with Gasteiger partial charge in [0.1, 0.15) is 0 Å². The molecule has 0 bridgehead atoms. The zero-order chi connectivity index (χ0) is 20.1. The van der Waals surface area contributed by atoms with Crippen LogP contribution in [-0.4, -0.2) is 29.7 Å². The first-order chi connectivity index (χ1) is 14.7. The summed E-state index contributed by atoms with van der Waals surface area (Å²) < 4.78 is 2.99. The molecule has 0 atom stereocenters. The van der Waals surface area contributed by atoms with Crippen LogP contribution in [0.2, 0.25) is 0 Å². The van der Waals surface area contributed by atoms with E-state index in [1.165, 1.54) is 0 Å². The highest BCUT2D eigenvalue weighted by molar-refractivity contribution is 7.17. The Morgan fingerprint density at radius 2 is 1.90 bits per heavy atom. The van der Waals surface area contributed by atoms with Gasteiger partial charge in [-0.05, 0) is 41.8 Å². The highest BCUT2D eigenvalue weighted by Crippen LogP contribution is 2.31. The van der Waals surface area contributed by atoms with Crippen molar-refractivity contribution in [3.8, 4) is 0 Å². The predicted octanol–water partition coefficient (Wildman–Crippen LogP) is 4.94. The first-order valence-corrected chi connectivity index (χ1v) is 10.3. The number of rotatable bonds is 4. The van der Waals surface area contributed by atoms with Gasteiger partial charge in [0.25, 0.3) is 0 Å². The largest absolute Gasteiger partial charge is 0.339 e. The second-order valence-corrected chi connectivity index (χ2v) is 7.85. The van der Waals surface area contributed by atoms with Gasteiger partial charge in [-0.15, -0.1) is 11.3 Å². The highest BCUT2D eigenvalue weighted by atomic mass is 32.1. The minimum atomic E-state index is 0.492. The van der Waals surface area contributed by atoms with E-state index in [-0.39, 0.29) is 0 Å². The van der Waals surface area contributed by atoms with Gasteiger partial charge in [0, 0.05) is 18.1 Å². The van der Waals surface area contributed by atoms with Gasteiger partial charge in [-0.25, -0.2) is 9.97 Å². The van der Waals surface area contributed by atoms with Crippen LogP contribution < -0.4 is 10.6 Å². The number of nitrogens with zero attached hydrogens (tertiary/aromatic N) is 5. The summed E-state index contributed by atoms with van der Waals surface area (Å²) in [6, 6.07) is 16.0. The lowest BCUT2D eigenvalue weighted by molar-refractivity contribution is 0.952. The van der Waals surface area contributed by atoms with Gasteiger partial charge in [-0.1, -0.05) is 12.1 Å². The van der Waals surface area contributed by atoms with Gasteiger partial charge in [0.15, 0.2) is 5.82 Å². The zero-order valence-corrected chi connectivity index (χ0v) is 16.7. The van der Waals surface area contributed by atoms with Crippen LogP contribution in [-0.2, 0) is 7.05 Å². The normalized spacial score (nSPS) is 11.5. The van der Waals surface area contributed by atoms with Crippen molar-refractivity contribution >= 4 is 66.9 Å². The van der Waals surface area contributed by atoms with Crippen molar-refractivity contribution in [3.05, 3.63) is 60.1 Å². The standard InChI is InChI=1S/C21H16N8S/c1-29-17-5-3-2-4-15(17)25-21(29)27-20-24-16-8-9-30-18(16)19(26-20)23-13-6-7-14-12(10-13)11-22-28-14/h2-11H,1H3,(H,22,28)(H2,23,24,25,26,27). The number of hydrogen-bond acceptors (Lipinski definition) is 7. The molecule has 0 fully saturated rings. The van der Waals surface area contributed by atoms with Gasteiger partial charge >= 0.3 is 0 Å². The molecular formula is C21H16N8S. The molecule has 4 aromatic heterocycles. The lowest BCUT2D eigenvalue weighted by atomic mass is 10.2. The summed E-state index contributed by atoms with van der Waals surface area (Å²) in [5.41, 5.74) is 4.78. The molecule has 3 N–H and O–H groups in total. The summed E-state index contributed by atoms with van der Waals surface area (Å²) in [6.07, 6.45) is 1.81. The van der Waals surface area contributed by atoms with Gasteiger partial charge in [-0.3, -0.25) is 10.4 Å². The molecule has 8 nitrogen and oxygen atoms in total. The summed E-state index contributed by atoms with van der Waals surface area (Å²) in [5, 5.41) is 16.8. The van der Waals surface area contributed by atoms with Crippen molar-refractivity contribution in [2.24, 2.45) is 7.05 Å². The third-order valence-corrected chi connectivity index (χ3v) is 5.93. The van der Waals surface area contributed by atoms with E-state index in [0.717, 1.165) is 43.7 Å². The van der Waals surface area contributed by atoms with Gasteiger partial charge in [0.05, 0.1) is 33.0 Å². The van der Waals surface area contributed by atoms with Crippen molar-refractivity contribution in [1.82, 2.24) is 29.7 Å². The Morgan fingerprint density at radius 1 is 0.967 bits per heavy atom. The summed E-state index contributed by atoms with van der Waals surface area (Å²) in [5.74, 6) is 1.93. The lowest BCUT2D eigenvalue weighted by Crippen LogP contribution is -2.04. The Labute approximate surface area is 174 Å². The van der Waals surface area contributed by atoms with Crippen molar-refractivity contribution in [2.75, 3.05) is 10.6 Å². The maximum Gasteiger partial charge on any atom is 0.232 e. The Kier molecular flexibility index (Phi) is 3.68. The fourth-order valence-corrected chi connectivity index (χ4v) is 4.29. The Bertz CT molecular complexity index is 1530. The number of imidazole rings is 1. The Morgan fingerprint density at radius 3 is 2.83 bits per heavy atom. The molecule has 9 heteroatoms. The molecular weight excluding hydrogens is 396 g/mol. The molecule has 0 radical (unpaired) electrons. The number of hydrogen-bond donors (Lipinski definition) is 3. The molecule has 2 aromatic carbocycles.